The molecule has 0 atom stereocenters. The van der Waals surface area contributed by atoms with Gasteiger partial charge < -0.3 is 0 Å². The number of hydrogen-bond donors (Lipinski definition) is 1. The van der Waals surface area contributed by atoms with E-state index < -0.39 is 0 Å². The highest BCUT2D eigenvalue weighted by molar-refractivity contribution is 7.78. The van der Waals surface area contributed by atoms with Crippen LogP contribution in [0.2, 0.25) is 0 Å². The van der Waals surface area contributed by atoms with Gasteiger partial charge in [0, 0.05) is 23.3 Å². The summed E-state index contributed by atoms with van der Waals surface area (Å²) in [5, 5.41) is 0. The van der Waals surface area contributed by atoms with E-state index in [1.165, 1.54) is 37.7 Å². The zero-order valence-electron chi connectivity index (χ0n) is 18.4. The molecule has 0 bridgehead atoms. The van der Waals surface area contributed by atoms with Crippen LogP contribution < -0.4 is 4.90 Å². The molecule has 2 heterocycles. The Labute approximate surface area is 191 Å². The van der Waals surface area contributed by atoms with Crippen molar-refractivity contribution >= 4 is 24.3 Å². The molecule has 31 heavy (non-hydrogen) atoms. The molecule has 0 saturated heterocycles. The molecule has 1 saturated carbocycles. The summed E-state index contributed by atoms with van der Waals surface area (Å²) < 4.78 is 1.95. The Hall–Kier alpha value is -2.46. The third-order valence-corrected chi connectivity index (χ3v) is 7.35. The molecule has 0 N–H and O–H groups in total. The molecule has 4 heteroatoms. The molecule has 1 aromatic rings. The van der Waals surface area contributed by atoms with Crippen LogP contribution >= 0.6 is 12.8 Å². The van der Waals surface area contributed by atoms with Crippen molar-refractivity contribution in [1.29, 1.82) is 0 Å². The normalized spacial score (nSPS) is 22.1. The topological polar surface area (TPSA) is 18.8 Å². The maximum atomic E-state index is 5.23. The van der Waals surface area contributed by atoms with Gasteiger partial charge in [-0.05, 0) is 43.4 Å². The van der Waals surface area contributed by atoms with E-state index in [0.717, 1.165) is 64.7 Å². The Morgan fingerprint density at radius 3 is 2.48 bits per heavy atom. The van der Waals surface area contributed by atoms with Crippen molar-refractivity contribution in [1.82, 2.24) is 4.31 Å². The summed E-state index contributed by atoms with van der Waals surface area (Å²) in [4.78, 5) is 7.49. The molecule has 0 aromatic heterocycles. The second-order valence-corrected chi connectivity index (χ2v) is 9.53. The van der Waals surface area contributed by atoms with Crippen LogP contribution in [0.5, 0.6) is 0 Å². The van der Waals surface area contributed by atoms with Gasteiger partial charge in [-0.3, -0.25) is 9.21 Å². The third-order valence-electron chi connectivity index (χ3n) is 6.95. The zero-order chi connectivity index (χ0) is 21.5. The number of fused-ring (bicyclic) bond motifs is 1. The molecular weight excluding hydrogens is 398 g/mol. The third kappa shape index (κ3) is 3.61. The number of thiol groups is 1. The van der Waals surface area contributed by atoms with E-state index in [9.17, 15) is 0 Å². The molecule has 5 rings (SSSR count). The standard InChI is InChI=1S/C27H31N3S/c1-18-13-15-22(16-14-18)29-20(3)26-19(2)23-11-7-8-12-24(23)30(31)27(26)28-25(29)17-21-9-5-4-6-10-21/h11-16,21,31H,2-10,17H2,1H3. The largest absolute Gasteiger partial charge is 0.298 e. The van der Waals surface area contributed by atoms with Crippen LogP contribution in [0.15, 0.2) is 88.5 Å². The fourth-order valence-electron chi connectivity index (χ4n) is 5.26. The molecular formula is C27H31N3S. The molecule has 160 valence electrons. The highest BCUT2D eigenvalue weighted by Gasteiger charge is 2.37. The van der Waals surface area contributed by atoms with Gasteiger partial charge in [0.05, 0.1) is 11.4 Å². The Morgan fingerprint density at radius 1 is 1.03 bits per heavy atom. The first-order valence-electron chi connectivity index (χ1n) is 11.5. The number of hydrogen-bond acceptors (Lipinski definition) is 4. The lowest BCUT2D eigenvalue weighted by Crippen LogP contribution is -2.39. The molecule has 0 amide bonds. The van der Waals surface area contributed by atoms with Crippen molar-refractivity contribution in [3.05, 3.63) is 89.1 Å². The maximum Gasteiger partial charge on any atom is 0.155 e. The number of benzene rings is 1. The number of aliphatic imine (C=N–C) groups is 1. The second-order valence-electron chi connectivity index (χ2n) is 9.13. The quantitative estimate of drug-likeness (QED) is 0.511. The van der Waals surface area contributed by atoms with Crippen LogP contribution in [0.1, 0.15) is 56.9 Å². The molecule has 0 unspecified atom stereocenters. The summed E-state index contributed by atoms with van der Waals surface area (Å²) in [5.74, 6) is 2.63. The van der Waals surface area contributed by atoms with Crippen molar-refractivity contribution in [2.24, 2.45) is 10.9 Å². The van der Waals surface area contributed by atoms with E-state index in [4.69, 9.17) is 17.8 Å². The van der Waals surface area contributed by atoms with Crippen molar-refractivity contribution < 1.29 is 0 Å². The van der Waals surface area contributed by atoms with E-state index in [1.807, 2.05) is 4.31 Å². The van der Waals surface area contributed by atoms with Crippen molar-refractivity contribution in [3.8, 4) is 0 Å². The van der Waals surface area contributed by atoms with Gasteiger partial charge >= 0.3 is 0 Å². The predicted octanol–water partition coefficient (Wildman–Crippen LogP) is 7.23. The average molecular weight is 430 g/mol. The summed E-state index contributed by atoms with van der Waals surface area (Å²) in [6.07, 6.45) is 14.1. The Bertz CT molecular complexity index is 1050. The minimum atomic E-state index is 0.680. The Kier molecular flexibility index (Phi) is 5.43. The van der Waals surface area contributed by atoms with Gasteiger partial charge in [0.25, 0.3) is 0 Å². The van der Waals surface area contributed by atoms with Crippen LogP contribution in [0.3, 0.4) is 0 Å². The van der Waals surface area contributed by atoms with Gasteiger partial charge in [0.15, 0.2) is 5.82 Å². The van der Waals surface area contributed by atoms with E-state index in [1.54, 1.807) is 0 Å². The van der Waals surface area contributed by atoms with Crippen LogP contribution in [-0.4, -0.2) is 10.1 Å². The van der Waals surface area contributed by atoms with Gasteiger partial charge in [0.2, 0.25) is 0 Å². The molecule has 2 aliphatic heterocycles. The lowest BCUT2D eigenvalue weighted by atomic mass is 9.84. The minimum Gasteiger partial charge on any atom is -0.298 e. The lowest BCUT2D eigenvalue weighted by Gasteiger charge is -2.42. The smallest absolute Gasteiger partial charge is 0.155 e. The second kappa shape index (κ2) is 8.23. The molecule has 1 aromatic carbocycles. The summed E-state index contributed by atoms with van der Waals surface area (Å²) in [6.45, 7) is 11.2. The number of allylic oxidation sites excluding steroid dienone is 4. The number of aryl methyl sites for hydroxylation is 1. The van der Waals surface area contributed by atoms with Gasteiger partial charge in [-0.1, -0.05) is 87.9 Å². The van der Waals surface area contributed by atoms with E-state index in [-0.39, 0.29) is 0 Å². The summed E-state index contributed by atoms with van der Waals surface area (Å²) >= 11 is 4.88. The summed E-state index contributed by atoms with van der Waals surface area (Å²) in [5.41, 5.74) is 7.61. The Morgan fingerprint density at radius 2 is 1.74 bits per heavy atom. The van der Waals surface area contributed by atoms with Crippen molar-refractivity contribution in [2.75, 3.05) is 4.90 Å². The molecule has 4 aliphatic rings. The van der Waals surface area contributed by atoms with Gasteiger partial charge in [-0.25, -0.2) is 4.99 Å². The summed E-state index contributed by atoms with van der Waals surface area (Å²) in [6, 6.07) is 8.68. The van der Waals surface area contributed by atoms with Crippen molar-refractivity contribution in [3.63, 3.8) is 0 Å². The van der Waals surface area contributed by atoms with Crippen LogP contribution in [0.4, 0.5) is 5.69 Å². The number of nitrogens with zero attached hydrogens (tertiary/aromatic N) is 3. The number of rotatable bonds is 3. The fourth-order valence-corrected chi connectivity index (χ4v) is 5.60. The molecule has 3 nitrogen and oxygen atoms in total. The fraction of sp³-hybridized carbons (Fsp3) is 0.370. The molecule has 0 spiro atoms. The van der Waals surface area contributed by atoms with E-state index in [0.29, 0.717) is 5.92 Å². The summed E-state index contributed by atoms with van der Waals surface area (Å²) in [7, 11) is 0. The Balaban J connectivity index is 1.61. The van der Waals surface area contributed by atoms with E-state index in [2.05, 4.69) is 61.4 Å². The first kappa shape index (κ1) is 20.4. The van der Waals surface area contributed by atoms with Gasteiger partial charge in [-0.15, -0.1) is 0 Å². The number of amidine groups is 1. The predicted molar refractivity (Wildman–Crippen MR) is 134 cm³/mol. The minimum absolute atomic E-state index is 0.680. The van der Waals surface area contributed by atoms with Crippen LogP contribution in [0, 0.1) is 12.8 Å². The maximum absolute atomic E-state index is 5.23. The first-order chi connectivity index (χ1) is 15.0. The molecule has 1 fully saturated rings. The van der Waals surface area contributed by atoms with Gasteiger partial charge in [-0.2, -0.15) is 0 Å². The number of anilines is 1. The highest BCUT2D eigenvalue weighted by Crippen LogP contribution is 2.47. The zero-order valence-corrected chi connectivity index (χ0v) is 19.3. The first-order valence-corrected chi connectivity index (χ1v) is 11.9. The van der Waals surface area contributed by atoms with Gasteiger partial charge in [0.1, 0.15) is 5.84 Å². The monoisotopic (exact) mass is 429 g/mol. The van der Waals surface area contributed by atoms with Crippen LogP contribution in [0.25, 0.3) is 0 Å². The SMILES string of the molecule is C=C1C2=CCCC=C2N(S)C2=C1C(=C)N(c1ccc(C)cc1)C(CC1CCCCC1)=N2. The lowest BCUT2D eigenvalue weighted by molar-refractivity contribution is 0.367. The van der Waals surface area contributed by atoms with E-state index >= 15 is 0 Å². The average Bonchev–Trinajstić information content (AvgIpc) is 2.79. The molecule has 0 radical (unpaired) electrons. The van der Waals surface area contributed by atoms with Crippen molar-refractivity contribution in [2.45, 2.75) is 58.3 Å². The van der Waals surface area contributed by atoms with Crippen LogP contribution in [-0.2, 0) is 0 Å². The molecule has 2 aliphatic carbocycles. The highest BCUT2D eigenvalue weighted by atomic mass is 32.1.